The molecule has 2 aliphatic rings. The highest BCUT2D eigenvalue weighted by atomic mass is 16.6. The fourth-order valence-corrected chi connectivity index (χ4v) is 8.89. The lowest BCUT2D eigenvalue weighted by Crippen LogP contribution is -2.36. The van der Waals surface area contributed by atoms with E-state index in [0.29, 0.717) is 5.52 Å². The van der Waals surface area contributed by atoms with Crippen LogP contribution >= 0.6 is 0 Å². The molecule has 0 saturated heterocycles. The van der Waals surface area contributed by atoms with E-state index >= 15 is 0 Å². The second kappa shape index (κ2) is 16.8. The summed E-state index contributed by atoms with van der Waals surface area (Å²) in [5.74, 6) is -14.7. The molecule has 72 heavy (non-hydrogen) atoms. The summed E-state index contributed by atoms with van der Waals surface area (Å²) < 4.78 is 24.6. The van der Waals surface area contributed by atoms with Gasteiger partial charge in [-0.15, -0.1) is 0 Å². The number of nitrogens with zero attached hydrogens (tertiary/aromatic N) is 2. The Hall–Kier alpha value is -10.1. The Labute approximate surface area is 401 Å². The average molecular weight is 985 g/mol. The number of rotatable bonds is 7. The highest BCUT2D eigenvalue weighted by Gasteiger charge is 2.44. The lowest BCUT2D eigenvalue weighted by Gasteiger charge is -2.37. The van der Waals surface area contributed by atoms with Gasteiger partial charge in [-0.25, -0.2) is 19.6 Å². The van der Waals surface area contributed by atoms with E-state index < -0.39 is 158 Å². The molecule has 1 aromatic heterocycles. The molecule has 4 unspecified atom stereocenters. The summed E-state index contributed by atoms with van der Waals surface area (Å²) in [5, 5.41) is 152. The summed E-state index contributed by atoms with van der Waals surface area (Å²) in [6.07, 6.45) is -7.75. The average Bonchev–Trinajstić information content (AvgIpc) is 3.33. The minimum atomic E-state index is -1.80. The molecule has 22 nitrogen and oxygen atoms in total. The third kappa shape index (κ3) is 7.64. The third-order valence-corrected chi connectivity index (χ3v) is 12.2. The van der Waals surface area contributed by atoms with Gasteiger partial charge in [-0.05, 0) is 48.5 Å². The molecule has 10 rings (SSSR count). The molecule has 3 heterocycles. The zero-order valence-corrected chi connectivity index (χ0v) is 36.4. The van der Waals surface area contributed by atoms with Gasteiger partial charge in [0.25, 0.3) is 0 Å². The molecule has 366 valence electrons. The number of aromatic nitrogens is 2. The first-order valence-electron chi connectivity index (χ1n) is 21.3. The van der Waals surface area contributed by atoms with Crippen molar-refractivity contribution in [1.82, 2.24) is 9.97 Å². The highest BCUT2D eigenvalue weighted by Crippen LogP contribution is 2.56. The topological polar surface area (TPSA) is 380 Å². The Balaban J connectivity index is 1.23. The van der Waals surface area contributed by atoms with Crippen LogP contribution in [0.3, 0.4) is 0 Å². The second-order valence-corrected chi connectivity index (χ2v) is 16.8. The van der Waals surface area contributed by atoms with E-state index in [2.05, 4.69) is 9.97 Å². The van der Waals surface area contributed by atoms with E-state index in [4.69, 9.17) is 18.9 Å². The Morgan fingerprint density at radius 3 is 1.33 bits per heavy atom. The van der Waals surface area contributed by atoms with Crippen molar-refractivity contribution in [2.24, 2.45) is 0 Å². The molecule has 0 spiro atoms. The second-order valence-electron chi connectivity index (χ2n) is 16.8. The smallest absolute Gasteiger partial charge is 0.338 e. The van der Waals surface area contributed by atoms with E-state index in [9.17, 15) is 81.1 Å². The van der Waals surface area contributed by atoms with E-state index in [1.54, 1.807) is 24.3 Å². The first kappa shape index (κ1) is 45.7. The van der Waals surface area contributed by atoms with Crippen LogP contribution in [0.4, 0.5) is 0 Å². The molecule has 4 atom stereocenters. The van der Waals surface area contributed by atoms with Gasteiger partial charge in [0.1, 0.15) is 52.2 Å². The largest absolute Gasteiger partial charge is 0.508 e. The Morgan fingerprint density at radius 2 is 0.861 bits per heavy atom. The van der Waals surface area contributed by atoms with Crippen LogP contribution in [0.5, 0.6) is 92.0 Å². The van der Waals surface area contributed by atoms with Crippen molar-refractivity contribution in [3.8, 4) is 103 Å². The first-order valence-corrected chi connectivity index (χ1v) is 21.3. The van der Waals surface area contributed by atoms with Crippen LogP contribution in [0.15, 0.2) is 84.9 Å². The number of aromatic hydroxyl groups is 14. The minimum absolute atomic E-state index is 0.0119. The number of esters is 2. The predicted molar refractivity (Wildman–Crippen MR) is 244 cm³/mol. The molecule has 0 fully saturated rings. The van der Waals surface area contributed by atoms with E-state index in [0.717, 1.165) is 54.6 Å². The van der Waals surface area contributed by atoms with Crippen molar-refractivity contribution in [2.75, 3.05) is 0 Å². The van der Waals surface area contributed by atoms with Crippen molar-refractivity contribution < 1.29 is 100 Å². The number of para-hydroxylation sites is 2. The van der Waals surface area contributed by atoms with Gasteiger partial charge in [-0.3, -0.25) is 0 Å². The minimum Gasteiger partial charge on any atom is -0.508 e. The summed E-state index contributed by atoms with van der Waals surface area (Å²) in [6, 6.07) is 15.9. The molecule has 0 radical (unpaired) electrons. The number of carbonyl (C=O) groups excluding carboxylic acids is 2. The van der Waals surface area contributed by atoms with Crippen LogP contribution < -0.4 is 9.47 Å². The molecular weight excluding hydrogens is 949 g/mol. The molecule has 0 aliphatic carbocycles. The Bertz CT molecular complexity index is 3590. The fraction of sp³-hybridized carbons (Fsp3) is 0.120. The van der Waals surface area contributed by atoms with Crippen molar-refractivity contribution in [3.63, 3.8) is 0 Å². The predicted octanol–water partition coefficient (Wildman–Crippen LogP) is 6.13. The maximum absolute atomic E-state index is 14.0. The summed E-state index contributed by atoms with van der Waals surface area (Å²) in [7, 11) is 0. The summed E-state index contributed by atoms with van der Waals surface area (Å²) in [5.41, 5.74) is -2.58. The quantitative estimate of drug-likeness (QED) is 0.0485. The number of benzene rings is 7. The van der Waals surface area contributed by atoms with Gasteiger partial charge < -0.3 is 90.4 Å². The number of fused-ring (bicyclic) bond motifs is 4. The van der Waals surface area contributed by atoms with Crippen molar-refractivity contribution in [3.05, 3.63) is 118 Å². The SMILES string of the molecule is O=C(OC1Cc2c(O)cc(O)cc2OC1c1cc(O)c(O)c(O)c1-c1c(C2Oc3cc(O)cc(O)c3CC2OC(=O)c2cc(O)c(O)c(O)c2)cc2nc3ccccc3nc2c1O)c1cc(O)c(O)c(O)c1. The van der Waals surface area contributed by atoms with Crippen LogP contribution in [0.25, 0.3) is 33.2 Å². The van der Waals surface area contributed by atoms with Crippen molar-refractivity contribution in [2.45, 2.75) is 37.3 Å². The lowest BCUT2D eigenvalue weighted by atomic mass is 9.83. The normalized spacial score (nSPS) is 17.1. The van der Waals surface area contributed by atoms with Gasteiger partial charge in [-0.1, -0.05) is 12.1 Å². The third-order valence-electron chi connectivity index (χ3n) is 12.2. The Morgan fingerprint density at radius 1 is 0.444 bits per heavy atom. The number of ether oxygens (including phenoxy) is 4. The van der Waals surface area contributed by atoms with Gasteiger partial charge >= 0.3 is 11.9 Å². The Kier molecular flexibility index (Phi) is 10.7. The van der Waals surface area contributed by atoms with Crippen molar-refractivity contribution in [1.29, 1.82) is 0 Å². The highest BCUT2D eigenvalue weighted by molar-refractivity contribution is 5.99. The lowest BCUT2D eigenvalue weighted by molar-refractivity contribution is -0.0196. The van der Waals surface area contributed by atoms with Crippen LogP contribution in [0.1, 0.15) is 55.2 Å². The molecule has 0 bridgehead atoms. The molecule has 2 aliphatic heterocycles. The van der Waals surface area contributed by atoms with Crippen LogP contribution in [0, 0.1) is 0 Å². The molecular formula is C50H36N2O20. The standard InChI is InChI=1S/C50H36N2O20/c53-19-9-28(55)21-15-37(71-49(67)17-5-30(57)42(62)31(58)6-17)47(69-35(21)11-19)23-13-27-41(52-26-4-2-1-3-25(26)51-27)45(65)39(23)40-24(14-34(61)44(64)46(40)66)48-38(16-22-29(56)10-20(54)12-36(22)70-48)72-50(68)18-7-32(59)43(63)33(60)8-18/h1-14,37-38,47-48,53-66H,15-16H2. The maximum Gasteiger partial charge on any atom is 0.338 e. The fourth-order valence-electron chi connectivity index (χ4n) is 8.89. The van der Waals surface area contributed by atoms with Crippen LogP contribution in [-0.4, -0.2) is 106 Å². The zero-order valence-electron chi connectivity index (χ0n) is 36.4. The van der Waals surface area contributed by atoms with Crippen LogP contribution in [-0.2, 0) is 22.3 Å². The molecule has 0 saturated carbocycles. The molecule has 14 N–H and O–H groups in total. The molecule has 22 heteroatoms. The van der Waals surface area contributed by atoms with Gasteiger partial charge in [0, 0.05) is 70.5 Å². The monoisotopic (exact) mass is 984 g/mol. The van der Waals surface area contributed by atoms with Crippen LogP contribution in [0.2, 0.25) is 0 Å². The molecule has 7 aromatic carbocycles. The van der Waals surface area contributed by atoms with Gasteiger partial charge in [0.05, 0.1) is 27.7 Å². The van der Waals surface area contributed by atoms with E-state index in [1.807, 2.05) is 0 Å². The number of phenols is 14. The summed E-state index contributed by atoms with van der Waals surface area (Å²) in [6.45, 7) is 0. The number of hydrogen-bond acceptors (Lipinski definition) is 22. The van der Waals surface area contributed by atoms with E-state index in [-0.39, 0.29) is 44.7 Å². The zero-order chi connectivity index (χ0) is 51.2. The maximum atomic E-state index is 14.0. The number of carbonyl (C=O) groups is 2. The van der Waals surface area contributed by atoms with E-state index in [1.165, 1.54) is 6.07 Å². The summed E-state index contributed by atoms with van der Waals surface area (Å²) in [4.78, 5) is 37.2. The number of phenolic OH excluding ortho intramolecular Hbond substituents is 14. The number of hydrogen-bond donors (Lipinski definition) is 14. The van der Waals surface area contributed by atoms with Gasteiger partial charge in [-0.2, -0.15) is 0 Å². The first-order chi connectivity index (χ1) is 34.3. The van der Waals surface area contributed by atoms with Gasteiger partial charge in [0.2, 0.25) is 5.75 Å². The molecule has 0 amide bonds. The van der Waals surface area contributed by atoms with Gasteiger partial charge in [0.15, 0.2) is 64.0 Å². The summed E-state index contributed by atoms with van der Waals surface area (Å²) >= 11 is 0. The van der Waals surface area contributed by atoms with Crippen molar-refractivity contribution >= 4 is 34.0 Å². The molecule has 8 aromatic rings.